The summed E-state index contributed by atoms with van der Waals surface area (Å²) in [5.41, 5.74) is 1.51. The van der Waals surface area contributed by atoms with E-state index in [1.165, 1.54) is 0 Å². The minimum atomic E-state index is -0.671. The van der Waals surface area contributed by atoms with E-state index < -0.39 is 11.9 Å². The first-order valence-corrected chi connectivity index (χ1v) is 7.66. The summed E-state index contributed by atoms with van der Waals surface area (Å²) in [5, 5.41) is 2.74. The number of oxazole rings is 1. The number of hydrogen-bond acceptors (Lipinski definition) is 4. The number of aromatic nitrogens is 1. The molecule has 6 nitrogen and oxygen atoms in total. The monoisotopic (exact) mass is 376 g/mol. The molecule has 2 aromatic carbocycles. The van der Waals surface area contributed by atoms with Gasteiger partial charge in [-0.1, -0.05) is 15.9 Å². The largest absolute Gasteiger partial charge is 0.481 e. The molecule has 0 fully saturated rings. The van der Waals surface area contributed by atoms with E-state index in [0.717, 1.165) is 4.47 Å². The SMILES string of the molecule is CC(Oc1ccc(Br)cc1)C(=O)Nc1ccc2oc(=O)[nH]c2c1. The van der Waals surface area contributed by atoms with Crippen LogP contribution in [0.15, 0.2) is 56.1 Å². The molecule has 0 spiro atoms. The Hall–Kier alpha value is -2.54. The van der Waals surface area contributed by atoms with Crippen molar-refractivity contribution in [1.29, 1.82) is 0 Å². The molecule has 0 saturated carbocycles. The van der Waals surface area contributed by atoms with Gasteiger partial charge in [-0.15, -0.1) is 0 Å². The third kappa shape index (κ3) is 3.62. The van der Waals surface area contributed by atoms with Gasteiger partial charge in [-0.05, 0) is 49.4 Å². The number of anilines is 1. The molecule has 1 heterocycles. The molecule has 1 atom stereocenters. The molecular formula is C16H13BrN2O4. The Morgan fingerprint density at radius 3 is 2.74 bits per heavy atom. The zero-order valence-electron chi connectivity index (χ0n) is 12.1. The zero-order chi connectivity index (χ0) is 16.4. The fourth-order valence-electron chi connectivity index (χ4n) is 2.04. The van der Waals surface area contributed by atoms with E-state index in [1.54, 1.807) is 37.3 Å². The predicted molar refractivity (Wildman–Crippen MR) is 89.7 cm³/mol. The lowest BCUT2D eigenvalue weighted by Crippen LogP contribution is -2.30. The number of carbonyl (C=O) groups excluding carboxylic acids is 1. The van der Waals surface area contributed by atoms with Crippen molar-refractivity contribution in [1.82, 2.24) is 4.98 Å². The first-order chi connectivity index (χ1) is 11.0. The highest BCUT2D eigenvalue weighted by molar-refractivity contribution is 9.10. The topological polar surface area (TPSA) is 84.3 Å². The number of rotatable bonds is 4. The third-order valence-corrected chi connectivity index (χ3v) is 3.71. The molecule has 118 valence electrons. The van der Waals surface area contributed by atoms with Gasteiger partial charge in [0.15, 0.2) is 11.7 Å². The van der Waals surface area contributed by atoms with Crippen LogP contribution in [0.2, 0.25) is 0 Å². The fourth-order valence-corrected chi connectivity index (χ4v) is 2.31. The van der Waals surface area contributed by atoms with Gasteiger partial charge in [0.25, 0.3) is 5.91 Å². The maximum Gasteiger partial charge on any atom is 0.417 e. The van der Waals surface area contributed by atoms with Crippen molar-refractivity contribution >= 4 is 38.6 Å². The van der Waals surface area contributed by atoms with Gasteiger partial charge < -0.3 is 14.5 Å². The van der Waals surface area contributed by atoms with Crippen LogP contribution in [0.5, 0.6) is 5.75 Å². The summed E-state index contributed by atoms with van der Waals surface area (Å²) in [6.07, 6.45) is -0.671. The summed E-state index contributed by atoms with van der Waals surface area (Å²) in [5.74, 6) is -0.223. The van der Waals surface area contributed by atoms with Gasteiger partial charge in [0.05, 0.1) is 5.52 Å². The van der Waals surface area contributed by atoms with Gasteiger partial charge in [0.1, 0.15) is 5.75 Å². The molecule has 1 amide bonds. The summed E-state index contributed by atoms with van der Waals surface area (Å²) in [6.45, 7) is 1.66. The zero-order valence-corrected chi connectivity index (χ0v) is 13.7. The number of ether oxygens (including phenoxy) is 1. The molecule has 3 aromatic rings. The lowest BCUT2D eigenvalue weighted by Gasteiger charge is -2.14. The van der Waals surface area contributed by atoms with E-state index in [0.29, 0.717) is 22.5 Å². The maximum atomic E-state index is 12.2. The molecule has 3 rings (SSSR count). The van der Waals surface area contributed by atoms with Crippen LogP contribution in [-0.4, -0.2) is 17.0 Å². The normalized spacial score (nSPS) is 12.1. The van der Waals surface area contributed by atoms with E-state index in [1.807, 2.05) is 12.1 Å². The minimum Gasteiger partial charge on any atom is -0.481 e. The molecule has 0 aliphatic rings. The van der Waals surface area contributed by atoms with Crippen LogP contribution >= 0.6 is 15.9 Å². The molecule has 0 aliphatic heterocycles. The molecule has 1 unspecified atom stereocenters. The van der Waals surface area contributed by atoms with Crippen molar-refractivity contribution in [3.8, 4) is 5.75 Å². The smallest absolute Gasteiger partial charge is 0.417 e. The molecule has 0 radical (unpaired) electrons. The van der Waals surface area contributed by atoms with E-state index in [9.17, 15) is 9.59 Å². The summed E-state index contributed by atoms with van der Waals surface area (Å²) in [4.78, 5) is 25.8. The van der Waals surface area contributed by atoms with Crippen LogP contribution in [0.4, 0.5) is 5.69 Å². The highest BCUT2D eigenvalue weighted by atomic mass is 79.9. The molecule has 7 heteroatoms. The third-order valence-electron chi connectivity index (χ3n) is 3.18. The van der Waals surface area contributed by atoms with Gasteiger partial charge in [0, 0.05) is 10.2 Å². The quantitative estimate of drug-likeness (QED) is 0.731. The Balaban J connectivity index is 1.69. The minimum absolute atomic E-state index is 0.293. The fraction of sp³-hybridized carbons (Fsp3) is 0.125. The highest BCUT2D eigenvalue weighted by Crippen LogP contribution is 2.19. The predicted octanol–water partition coefficient (Wildman–Crippen LogP) is 3.29. The Morgan fingerprint density at radius 2 is 2.00 bits per heavy atom. The van der Waals surface area contributed by atoms with Crippen LogP contribution < -0.4 is 15.8 Å². The average molecular weight is 377 g/mol. The number of amides is 1. The van der Waals surface area contributed by atoms with Gasteiger partial charge in [-0.25, -0.2) is 4.79 Å². The number of fused-ring (bicyclic) bond motifs is 1. The van der Waals surface area contributed by atoms with Crippen LogP contribution in [-0.2, 0) is 4.79 Å². The number of halogens is 1. The Kier molecular flexibility index (Phi) is 4.20. The van der Waals surface area contributed by atoms with Crippen molar-refractivity contribution in [2.24, 2.45) is 0 Å². The van der Waals surface area contributed by atoms with Crippen molar-refractivity contribution in [2.45, 2.75) is 13.0 Å². The molecular weight excluding hydrogens is 364 g/mol. The van der Waals surface area contributed by atoms with Crippen molar-refractivity contribution in [2.75, 3.05) is 5.32 Å². The van der Waals surface area contributed by atoms with Gasteiger partial charge in [-0.2, -0.15) is 0 Å². The van der Waals surface area contributed by atoms with E-state index in [2.05, 4.69) is 26.2 Å². The summed E-state index contributed by atoms with van der Waals surface area (Å²) >= 11 is 3.34. The number of nitrogens with one attached hydrogen (secondary N) is 2. The molecule has 0 saturated heterocycles. The van der Waals surface area contributed by atoms with Crippen LogP contribution in [0.3, 0.4) is 0 Å². The summed E-state index contributed by atoms with van der Waals surface area (Å²) < 4.78 is 11.4. The lowest BCUT2D eigenvalue weighted by molar-refractivity contribution is -0.122. The van der Waals surface area contributed by atoms with E-state index in [-0.39, 0.29) is 5.91 Å². The van der Waals surface area contributed by atoms with E-state index in [4.69, 9.17) is 9.15 Å². The Morgan fingerprint density at radius 1 is 1.26 bits per heavy atom. The molecule has 2 N–H and O–H groups in total. The second kappa shape index (κ2) is 6.29. The van der Waals surface area contributed by atoms with Crippen molar-refractivity contribution in [3.63, 3.8) is 0 Å². The number of hydrogen-bond donors (Lipinski definition) is 2. The van der Waals surface area contributed by atoms with Crippen LogP contribution in [0, 0.1) is 0 Å². The summed E-state index contributed by atoms with van der Waals surface area (Å²) in [7, 11) is 0. The van der Waals surface area contributed by atoms with Crippen LogP contribution in [0.25, 0.3) is 11.1 Å². The van der Waals surface area contributed by atoms with Gasteiger partial charge in [0.2, 0.25) is 0 Å². The second-order valence-electron chi connectivity index (χ2n) is 4.93. The molecule has 1 aromatic heterocycles. The number of benzene rings is 2. The van der Waals surface area contributed by atoms with Crippen LogP contribution in [0.1, 0.15) is 6.92 Å². The second-order valence-corrected chi connectivity index (χ2v) is 5.84. The molecule has 0 aliphatic carbocycles. The van der Waals surface area contributed by atoms with Crippen molar-refractivity contribution in [3.05, 3.63) is 57.5 Å². The first kappa shape index (κ1) is 15.4. The van der Waals surface area contributed by atoms with Gasteiger partial charge in [-0.3, -0.25) is 9.78 Å². The average Bonchev–Trinajstić information content (AvgIpc) is 2.88. The van der Waals surface area contributed by atoms with Crippen molar-refractivity contribution < 1.29 is 13.9 Å². The first-order valence-electron chi connectivity index (χ1n) is 6.87. The Bertz CT molecular complexity index is 898. The van der Waals surface area contributed by atoms with E-state index >= 15 is 0 Å². The number of carbonyl (C=O) groups is 1. The summed E-state index contributed by atoms with van der Waals surface area (Å²) in [6, 6.07) is 12.1. The highest BCUT2D eigenvalue weighted by Gasteiger charge is 2.15. The number of aromatic amines is 1. The lowest BCUT2D eigenvalue weighted by atomic mass is 10.2. The standard InChI is InChI=1S/C16H13BrN2O4/c1-9(22-12-5-2-10(17)3-6-12)15(20)18-11-4-7-14-13(8-11)19-16(21)23-14/h2-9H,1H3,(H,18,20)(H,19,21). The number of H-pyrrole nitrogens is 1. The molecule has 23 heavy (non-hydrogen) atoms. The van der Waals surface area contributed by atoms with Gasteiger partial charge >= 0.3 is 5.76 Å². The Labute approximate surface area is 139 Å². The molecule has 0 bridgehead atoms. The maximum absolute atomic E-state index is 12.2.